The molecule has 2 heterocycles. The third-order valence-corrected chi connectivity index (χ3v) is 7.77. The lowest BCUT2D eigenvalue weighted by atomic mass is 10.1. The van der Waals surface area contributed by atoms with E-state index in [1.54, 1.807) is 29.5 Å². The Balaban J connectivity index is 1.18. The monoisotopic (exact) mass is 489 g/mol. The van der Waals surface area contributed by atoms with Gasteiger partial charge < -0.3 is 19.7 Å². The van der Waals surface area contributed by atoms with Crippen molar-refractivity contribution in [1.82, 2.24) is 15.2 Å². The lowest BCUT2D eigenvalue weighted by Crippen LogP contribution is -2.40. The number of carbonyl (C=O) groups is 2. The first-order valence-electron chi connectivity index (χ1n) is 12.2. The topological polar surface area (TPSA) is 80.8 Å². The maximum absolute atomic E-state index is 13.7. The number of nitrogens with one attached hydrogen (secondary N) is 1. The summed E-state index contributed by atoms with van der Waals surface area (Å²) in [5, 5.41) is 4.02. The molecule has 180 valence electrons. The van der Waals surface area contributed by atoms with Crippen molar-refractivity contribution < 1.29 is 19.1 Å². The Kier molecular flexibility index (Phi) is 5.90. The van der Waals surface area contributed by atoms with E-state index in [4.69, 9.17) is 14.5 Å². The van der Waals surface area contributed by atoms with E-state index < -0.39 is 0 Å². The van der Waals surface area contributed by atoms with Crippen molar-refractivity contribution >= 4 is 23.2 Å². The molecule has 2 fully saturated rings. The van der Waals surface area contributed by atoms with Gasteiger partial charge in [0.25, 0.3) is 11.8 Å². The fourth-order valence-corrected chi connectivity index (χ4v) is 5.61. The largest absolute Gasteiger partial charge is 0.486 e. The van der Waals surface area contributed by atoms with Gasteiger partial charge in [0.05, 0.1) is 15.4 Å². The summed E-state index contributed by atoms with van der Waals surface area (Å²) < 4.78 is 11.3. The van der Waals surface area contributed by atoms with Gasteiger partial charge in [-0.1, -0.05) is 36.4 Å². The summed E-state index contributed by atoms with van der Waals surface area (Å²) in [6.07, 6.45) is 4.26. The van der Waals surface area contributed by atoms with E-state index in [1.807, 2.05) is 35.2 Å². The van der Waals surface area contributed by atoms with Gasteiger partial charge in [-0.3, -0.25) is 9.59 Å². The molecule has 8 heteroatoms. The second-order valence-corrected chi connectivity index (χ2v) is 10.2. The zero-order valence-corrected chi connectivity index (χ0v) is 20.2. The van der Waals surface area contributed by atoms with Gasteiger partial charge in [0.1, 0.15) is 18.9 Å². The van der Waals surface area contributed by atoms with E-state index in [9.17, 15) is 9.59 Å². The van der Waals surface area contributed by atoms with Crippen LogP contribution in [0.1, 0.15) is 57.5 Å². The Hall–Kier alpha value is -3.39. The molecule has 0 unspecified atom stereocenters. The molecule has 0 radical (unpaired) electrons. The molecule has 0 atom stereocenters. The minimum Gasteiger partial charge on any atom is -0.486 e. The Labute approximate surface area is 208 Å². The molecule has 2 amide bonds. The summed E-state index contributed by atoms with van der Waals surface area (Å²) in [6, 6.07) is 15.6. The summed E-state index contributed by atoms with van der Waals surface area (Å²) in [5.41, 5.74) is 2.02. The fraction of sp³-hybridized carbons (Fsp3) is 0.370. The lowest BCUT2D eigenvalue weighted by Gasteiger charge is -2.23. The average Bonchev–Trinajstić information content (AvgIpc) is 3.84. The van der Waals surface area contributed by atoms with Gasteiger partial charge in [-0.15, -0.1) is 11.3 Å². The molecule has 3 aliphatic rings. The Morgan fingerprint density at radius 1 is 1.00 bits per heavy atom. The molecule has 1 aromatic heterocycles. The van der Waals surface area contributed by atoms with Crippen LogP contribution in [0.25, 0.3) is 10.4 Å². The van der Waals surface area contributed by atoms with Crippen molar-refractivity contribution in [3.05, 3.63) is 64.8 Å². The molecule has 2 aromatic carbocycles. The van der Waals surface area contributed by atoms with Crippen LogP contribution in [0, 0.1) is 0 Å². The number of nitrogens with zero attached hydrogens (tertiary/aromatic N) is 2. The van der Waals surface area contributed by atoms with Gasteiger partial charge in [0.2, 0.25) is 0 Å². The van der Waals surface area contributed by atoms with Crippen LogP contribution in [0.3, 0.4) is 0 Å². The van der Waals surface area contributed by atoms with Crippen LogP contribution in [0.5, 0.6) is 11.5 Å². The van der Waals surface area contributed by atoms with E-state index in [1.165, 1.54) is 0 Å². The highest BCUT2D eigenvalue weighted by atomic mass is 32.1. The highest BCUT2D eigenvalue weighted by molar-refractivity contribution is 7.15. The standard InChI is InChI=1S/C27H27N3O4S/c31-25(20-7-4-8-21-23(20)34-16-15-33-21)28-13-14-30(19-11-12-19)27(32)22-24(17-5-2-1-3-6-17)35-26(29-22)18-9-10-18/h1-8,18-19H,9-16H2,(H,28,31). The molecule has 3 aromatic rings. The van der Waals surface area contributed by atoms with Crippen LogP contribution in [0.15, 0.2) is 48.5 Å². The minimum atomic E-state index is -0.231. The van der Waals surface area contributed by atoms with Crippen LogP contribution >= 0.6 is 11.3 Å². The zero-order chi connectivity index (χ0) is 23.8. The quantitative estimate of drug-likeness (QED) is 0.504. The molecule has 2 saturated carbocycles. The van der Waals surface area contributed by atoms with Gasteiger partial charge in [0.15, 0.2) is 11.5 Å². The second-order valence-electron chi connectivity index (χ2n) is 9.19. The van der Waals surface area contributed by atoms with Gasteiger partial charge in [-0.05, 0) is 43.4 Å². The van der Waals surface area contributed by atoms with E-state index in [0.29, 0.717) is 55.0 Å². The number of aromatic nitrogens is 1. The number of amides is 2. The number of hydrogen-bond donors (Lipinski definition) is 1. The molecule has 1 N–H and O–H groups in total. The summed E-state index contributed by atoms with van der Waals surface area (Å²) in [4.78, 5) is 34.3. The van der Waals surface area contributed by atoms with Gasteiger partial charge in [-0.25, -0.2) is 4.98 Å². The predicted molar refractivity (Wildman–Crippen MR) is 133 cm³/mol. The lowest BCUT2D eigenvalue weighted by molar-refractivity contribution is 0.0731. The Morgan fingerprint density at radius 2 is 1.80 bits per heavy atom. The van der Waals surface area contributed by atoms with Gasteiger partial charge >= 0.3 is 0 Å². The molecule has 0 bridgehead atoms. The van der Waals surface area contributed by atoms with E-state index in [0.717, 1.165) is 41.1 Å². The fourth-order valence-electron chi connectivity index (χ4n) is 4.38. The van der Waals surface area contributed by atoms with Crippen molar-refractivity contribution in [3.8, 4) is 21.9 Å². The molecule has 7 nitrogen and oxygen atoms in total. The molecule has 0 saturated heterocycles. The Morgan fingerprint density at radius 3 is 2.57 bits per heavy atom. The smallest absolute Gasteiger partial charge is 0.274 e. The molecule has 6 rings (SSSR count). The van der Waals surface area contributed by atoms with Crippen molar-refractivity contribution in [2.75, 3.05) is 26.3 Å². The summed E-state index contributed by atoms with van der Waals surface area (Å²) in [5.74, 6) is 1.28. The SMILES string of the molecule is O=C(NCCN(C(=O)c1nc(C2CC2)sc1-c1ccccc1)C1CC1)c1cccc2c1OCCO2. The third-order valence-electron chi connectivity index (χ3n) is 6.51. The number of hydrogen-bond acceptors (Lipinski definition) is 6. The van der Waals surface area contributed by atoms with Gasteiger partial charge in [0, 0.05) is 25.0 Å². The normalized spacial score (nSPS) is 16.6. The summed E-state index contributed by atoms with van der Waals surface area (Å²) in [7, 11) is 0. The van der Waals surface area contributed by atoms with Crippen LogP contribution in [-0.2, 0) is 0 Å². The first-order chi connectivity index (χ1) is 17.2. The maximum atomic E-state index is 13.7. The zero-order valence-electron chi connectivity index (χ0n) is 19.4. The first kappa shape index (κ1) is 22.1. The number of ether oxygens (including phenoxy) is 2. The second kappa shape index (κ2) is 9.34. The summed E-state index contributed by atoms with van der Waals surface area (Å²) >= 11 is 1.65. The van der Waals surface area contributed by atoms with Crippen molar-refractivity contribution in [3.63, 3.8) is 0 Å². The van der Waals surface area contributed by atoms with Crippen LogP contribution < -0.4 is 14.8 Å². The van der Waals surface area contributed by atoms with Crippen LogP contribution in [0.2, 0.25) is 0 Å². The number of para-hydroxylation sites is 1. The maximum Gasteiger partial charge on any atom is 0.274 e. The number of carbonyl (C=O) groups excluding carboxylic acids is 2. The van der Waals surface area contributed by atoms with Gasteiger partial charge in [-0.2, -0.15) is 0 Å². The van der Waals surface area contributed by atoms with Crippen LogP contribution in [-0.4, -0.2) is 54.0 Å². The van der Waals surface area contributed by atoms with Crippen LogP contribution in [0.4, 0.5) is 0 Å². The number of fused-ring (bicyclic) bond motifs is 1. The first-order valence-corrected chi connectivity index (χ1v) is 13.0. The number of rotatable bonds is 8. The number of thiazole rings is 1. The van der Waals surface area contributed by atoms with Crippen molar-refractivity contribution in [1.29, 1.82) is 0 Å². The predicted octanol–water partition coefficient (Wildman–Crippen LogP) is 4.49. The third kappa shape index (κ3) is 4.62. The van der Waals surface area contributed by atoms with Crippen molar-refractivity contribution in [2.24, 2.45) is 0 Å². The highest BCUT2D eigenvalue weighted by Gasteiger charge is 2.37. The highest BCUT2D eigenvalue weighted by Crippen LogP contribution is 2.45. The number of benzene rings is 2. The molecular formula is C27H27N3O4S. The average molecular weight is 490 g/mol. The molecule has 0 spiro atoms. The van der Waals surface area contributed by atoms with E-state index >= 15 is 0 Å². The summed E-state index contributed by atoms with van der Waals surface area (Å²) in [6.45, 7) is 1.68. The minimum absolute atomic E-state index is 0.0439. The Bertz CT molecular complexity index is 1250. The molecule has 1 aliphatic heterocycles. The molecule has 35 heavy (non-hydrogen) atoms. The van der Waals surface area contributed by atoms with Crippen molar-refractivity contribution in [2.45, 2.75) is 37.6 Å². The van der Waals surface area contributed by atoms with E-state index in [-0.39, 0.29) is 17.9 Å². The molecule has 2 aliphatic carbocycles. The molecular weight excluding hydrogens is 462 g/mol. The van der Waals surface area contributed by atoms with E-state index in [2.05, 4.69) is 5.32 Å².